The molecular weight excluding hydrogens is 356 g/mol. The number of nitrogens with zero attached hydrogens (tertiary/aromatic N) is 1. The van der Waals surface area contributed by atoms with E-state index >= 15 is 0 Å². The molecule has 4 nitrogen and oxygen atoms in total. The Labute approximate surface area is 145 Å². The standard InChI is InChI=1S/C18H21BrN2O2/c1-14-5-3-4-6-17(14)23-12-11-20-18(22)21(2)13-15-7-9-16(19)10-8-15/h3-10H,11-13H2,1-2H3,(H,20,22). The van der Waals surface area contributed by atoms with Crippen molar-refractivity contribution in [2.75, 3.05) is 20.2 Å². The van der Waals surface area contributed by atoms with Crippen molar-refractivity contribution in [2.45, 2.75) is 13.5 Å². The molecule has 0 aliphatic heterocycles. The summed E-state index contributed by atoms with van der Waals surface area (Å²) in [6.45, 7) is 3.48. The molecule has 5 heteroatoms. The molecule has 0 spiro atoms. The van der Waals surface area contributed by atoms with Gasteiger partial charge in [0.15, 0.2) is 0 Å². The number of carbonyl (C=O) groups is 1. The van der Waals surface area contributed by atoms with Crippen molar-refractivity contribution in [3.05, 3.63) is 64.1 Å². The summed E-state index contributed by atoms with van der Waals surface area (Å²) in [5.41, 5.74) is 2.17. The number of ether oxygens (including phenoxy) is 1. The minimum absolute atomic E-state index is 0.110. The lowest BCUT2D eigenvalue weighted by atomic mass is 10.2. The number of para-hydroxylation sites is 1. The Bertz CT molecular complexity index is 644. The highest BCUT2D eigenvalue weighted by atomic mass is 79.9. The lowest BCUT2D eigenvalue weighted by Gasteiger charge is -2.18. The molecule has 0 bridgehead atoms. The number of hydrogen-bond acceptors (Lipinski definition) is 2. The molecule has 0 saturated heterocycles. The fraction of sp³-hybridized carbons (Fsp3) is 0.278. The molecule has 0 saturated carbocycles. The maximum Gasteiger partial charge on any atom is 0.317 e. The fourth-order valence-corrected chi connectivity index (χ4v) is 2.37. The molecule has 2 aromatic carbocycles. The third-order valence-electron chi connectivity index (χ3n) is 3.41. The van der Waals surface area contributed by atoms with Crippen molar-refractivity contribution >= 4 is 22.0 Å². The van der Waals surface area contributed by atoms with Gasteiger partial charge in [-0.05, 0) is 36.2 Å². The van der Waals surface area contributed by atoms with Gasteiger partial charge in [0.1, 0.15) is 12.4 Å². The number of urea groups is 1. The zero-order chi connectivity index (χ0) is 16.7. The van der Waals surface area contributed by atoms with E-state index in [0.717, 1.165) is 21.3 Å². The maximum atomic E-state index is 12.0. The fourth-order valence-electron chi connectivity index (χ4n) is 2.11. The predicted octanol–water partition coefficient (Wildman–Crippen LogP) is 3.98. The minimum atomic E-state index is -0.110. The number of halogens is 1. The van der Waals surface area contributed by atoms with Crippen molar-refractivity contribution in [2.24, 2.45) is 0 Å². The van der Waals surface area contributed by atoms with Gasteiger partial charge in [0.2, 0.25) is 0 Å². The van der Waals surface area contributed by atoms with Crippen molar-refractivity contribution in [1.82, 2.24) is 10.2 Å². The third-order valence-corrected chi connectivity index (χ3v) is 3.94. The SMILES string of the molecule is Cc1ccccc1OCCNC(=O)N(C)Cc1ccc(Br)cc1. The number of nitrogens with one attached hydrogen (secondary N) is 1. The zero-order valence-electron chi connectivity index (χ0n) is 13.4. The Morgan fingerprint density at radius 1 is 1.17 bits per heavy atom. The van der Waals surface area contributed by atoms with E-state index in [1.165, 1.54) is 0 Å². The van der Waals surface area contributed by atoms with Gasteiger partial charge in [0.05, 0.1) is 6.54 Å². The smallest absolute Gasteiger partial charge is 0.317 e. The van der Waals surface area contributed by atoms with E-state index in [-0.39, 0.29) is 6.03 Å². The van der Waals surface area contributed by atoms with Crippen LogP contribution in [0.15, 0.2) is 53.0 Å². The molecule has 0 fully saturated rings. The largest absolute Gasteiger partial charge is 0.491 e. The Morgan fingerprint density at radius 3 is 2.57 bits per heavy atom. The number of rotatable bonds is 6. The van der Waals surface area contributed by atoms with Crippen LogP contribution in [0.4, 0.5) is 4.79 Å². The topological polar surface area (TPSA) is 41.6 Å². The van der Waals surface area contributed by atoms with Crippen LogP contribution >= 0.6 is 15.9 Å². The summed E-state index contributed by atoms with van der Waals surface area (Å²) in [5.74, 6) is 0.852. The highest BCUT2D eigenvalue weighted by Gasteiger charge is 2.08. The second kappa shape index (κ2) is 8.58. The Morgan fingerprint density at radius 2 is 1.87 bits per heavy atom. The summed E-state index contributed by atoms with van der Waals surface area (Å²) >= 11 is 3.40. The van der Waals surface area contributed by atoms with Crippen LogP contribution in [0.1, 0.15) is 11.1 Å². The van der Waals surface area contributed by atoms with Crippen LogP contribution < -0.4 is 10.1 Å². The molecule has 122 valence electrons. The summed E-state index contributed by atoms with van der Waals surface area (Å²) in [6, 6.07) is 15.7. The van der Waals surface area contributed by atoms with Crippen LogP contribution in [0.2, 0.25) is 0 Å². The van der Waals surface area contributed by atoms with Gasteiger partial charge in [-0.15, -0.1) is 0 Å². The second-order valence-corrected chi connectivity index (χ2v) is 6.24. The molecule has 0 unspecified atom stereocenters. The van der Waals surface area contributed by atoms with E-state index < -0.39 is 0 Å². The van der Waals surface area contributed by atoms with Crippen molar-refractivity contribution in [3.8, 4) is 5.75 Å². The maximum absolute atomic E-state index is 12.0. The predicted molar refractivity (Wildman–Crippen MR) is 95.7 cm³/mol. The van der Waals surface area contributed by atoms with E-state index in [1.54, 1.807) is 11.9 Å². The second-order valence-electron chi connectivity index (χ2n) is 5.33. The Hall–Kier alpha value is -2.01. The highest BCUT2D eigenvalue weighted by Crippen LogP contribution is 2.15. The number of benzene rings is 2. The van der Waals surface area contributed by atoms with Gasteiger partial charge in [0.25, 0.3) is 0 Å². The minimum Gasteiger partial charge on any atom is -0.491 e. The summed E-state index contributed by atoms with van der Waals surface area (Å²) in [4.78, 5) is 13.7. The number of carbonyl (C=O) groups excluding carboxylic acids is 1. The Balaban J connectivity index is 1.72. The summed E-state index contributed by atoms with van der Waals surface area (Å²) < 4.78 is 6.69. The van der Waals surface area contributed by atoms with Crippen LogP contribution in [-0.4, -0.2) is 31.1 Å². The molecule has 0 aliphatic carbocycles. The molecule has 1 N–H and O–H groups in total. The first kappa shape index (κ1) is 17.3. The lowest BCUT2D eigenvalue weighted by molar-refractivity contribution is 0.203. The van der Waals surface area contributed by atoms with Crippen molar-refractivity contribution < 1.29 is 9.53 Å². The van der Waals surface area contributed by atoms with Gasteiger partial charge >= 0.3 is 6.03 Å². The van der Waals surface area contributed by atoms with Crippen molar-refractivity contribution in [1.29, 1.82) is 0 Å². The molecule has 0 radical (unpaired) electrons. The normalized spacial score (nSPS) is 10.2. The van der Waals surface area contributed by atoms with Gasteiger partial charge in [-0.1, -0.05) is 46.3 Å². The van der Waals surface area contributed by atoms with Crippen LogP contribution in [0, 0.1) is 6.92 Å². The molecule has 23 heavy (non-hydrogen) atoms. The average molecular weight is 377 g/mol. The molecular formula is C18H21BrN2O2. The van der Waals surface area contributed by atoms with Crippen molar-refractivity contribution in [3.63, 3.8) is 0 Å². The monoisotopic (exact) mass is 376 g/mol. The number of amides is 2. The quantitative estimate of drug-likeness (QED) is 0.774. The molecule has 2 aromatic rings. The van der Waals surface area contributed by atoms with Gasteiger partial charge in [-0.25, -0.2) is 4.79 Å². The average Bonchev–Trinajstić information content (AvgIpc) is 2.55. The molecule has 2 rings (SSSR count). The van der Waals surface area contributed by atoms with E-state index in [1.807, 2.05) is 55.5 Å². The highest BCUT2D eigenvalue weighted by molar-refractivity contribution is 9.10. The van der Waals surface area contributed by atoms with Gasteiger partial charge in [-0.2, -0.15) is 0 Å². The van der Waals surface area contributed by atoms with E-state index in [2.05, 4.69) is 21.2 Å². The summed E-state index contributed by atoms with van der Waals surface area (Å²) in [7, 11) is 1.78. The molecule has 0 aliphatic rings. The summed E-state index contributed by atoms with van der Waals surface area (Å²) in [5, 5.41) is 2.86. The molecule has 0 heterocycles. The van der Waals surface area contributed by atoms with Gasteiger partial charge in [0, 0.05) is 18.1 Å². The number of aryl methyl sites for hydroxylation is 1. The van der Waals surface area contributed by atoms with Crippen LogP contribution in [0.3, 0.4) is 0 Å². The first-order valence-electron chi connectivity index (χ1n) is 7.48. The summed E-state index contributed by atoms with van der Waals surface area (Å²) in [6.07, 6.45) is 0. The first-order chi connectivity index (χ1) is 11.1. The number of hydrogen-bond donors (Lipinski definition) is 1. The van der Waals surface area contributed by atoms with E-state index in [0.29, 0.717) is 19.7 Å². The Kier molecular flexibility index (Phi) is 6.47. The van der Waals surface area contributed by atoms with E-state index in [4.69, 9.17) is 4.74 Å². The van der Waals surface area contributed by atoms with E-state index in [9.17, 15) is 4.79 Å². The first-order valence-corrected chi connectivity index (χ1v) is 8.27. The lowest BCUT2D eigenvalue weighted by Crippen LogP contribution is -2.38. The van der Waals surface area contributed by atoms with Crippen LogP contribution in [-0.2, 0) is 6.54 Å². The third kappa shape index (κ3) is 5.60. The zero-order valence-corrected chi connectivity index (χ0v) is 15.0. The van der Waals surface area contributed by atoms with Crippen LogP contribution in [0.25, 0.3) is 0 Å². The van der Waals surface area contributed by atoms with Gasteiger partial charge in [-0.3, -0.25) is 0 Å². The van der Waals surface area contributed by atoms with Gasteiger partial charge < -0.3 is 15.0 Å². The molecule has 0 aromatic heterocycles. The molecule has 0 atom stereocenters. The molecule has 2 amide bonds. The van der Waals surface area contributed by atoms with Crippen LogP contribution in [0.5, 0.6) is 5.75 Å².